The van der Waals surface area contributed by atoms with Gasteiger partial charge in [-0.25, -0.2) is 0 Å². The number of hydrogen-bond donors (Lipinski definition) is 0. The van der Waals surface area contributed by atoms with Crippen LogP contribution in [0.2, 0.25) is 36.3 Å². The Bertz CT molecular complexity index is 365. The third-order valence-corrected chi connectivity index (χ3v) is 14.5. The highest BCUT2D eigenvalue weighted by Crippen LogP contribution is 2.40. The zero-order valence-corrected chi connectivity index (χ0v) is 18.7. The van der Waals surface area contributed by atoms with Crippen LogP contribution in [0.1, 0.15) is 54.9 Å². The van der Waals surface area contributed by atoms with Gasteiger partial charge >= 0.3 is 0 Å². The minimum absolute atomic E-state index is 0.0554. The van der Waals surface area contributed by atoms with E-state index in [1.165, 1.54) is 0 Å². The molecule has 0 aromatic carbocycles. The van der Waals surface area contributed by atoms with Gasteiger partial charge in [0.25, 0.3) is 0 Å². The maximum Gasteiger partial charge on any atom is 0.192 e. The highest BCUT2D eigenvalue weighted by atomic mass is 28.4. The SMILES string of the molecule is C[C@@H](O[Si](C)(C)C(C)(C)C)[C@@H](CC=O)O[Si](C)(C)C(C)(C)C. The Morgan fingerprint density at radius 1 is 0.864 bits per heavy atom. The van der Waals surface area contributed by atoms with Gasteiger partial charge in [0.15, 0.2) is 16.6 Å². The third-order valence-electron chi connectivity index (χ3n) is 5.39. The van der Waals surface area contributed by atoms with Gasteiger partial charge in [-0.15, -0.1) is 0 Å². The van der Waals surface area contributed by atoms with Gasteiger partial charge in [0.05, 0.1) is 12.2 Å². The first-order valence-corrected chi connectivity index (χ1v) is 14.2. The normalized spacial score (nSPS) is 17.2. The summed E-state index contributed by atoms with van der Waals surface area (Å²) < 4.78 is 12.9. The third kappa shape index (κ3) is 5.91. The van der Waals surface area contributed by atoms with Crippen LogP contribution in [-0.2, 0) is 13.6 Å². The first-order valence-electron chi connectivity index (χ1n) is 8.34. The molecule has 0 bridgehead atoms. The van der Waals surface area contributed by atoms with Crippen molar-refractivity contribution in [2.45, 2.75) is 103 Å². The number of carbonyl (C=O) groups excluding carboxylic acids is 1. The zero-order valence-electron chi connectivity index (χ0n) is 16.7. The van der Waals surface area contributed by atoms with Gasteiger partial charge in [-0.1, -0.05) is 41.5 Å². The van der Waals surface area contributed by atoms with E-state index in [0.717, 1.165) is 6.29 Å². The molecule has 0 unspecified atom stereocenters. The standard InChI is InChI=1S/C17H38O3Si2/c1-14(19-21(8,9)16(2,3)4)15(12-13-18)20-22(10,11)17(5,6)7/h13-15H,12H2,1-11H3/t14-,15-/m1/s1. The Kier molecular flexibility index (Phi) is 7.29. The molecule has 22 heavy (non-hydrogen) atoms. The number of rotatable bonds is 7. The first kappa shape index (κ1) is 22.0. The quantitative estimate of drug-likeness (QED) is 0.459. The lowest BCUT2D eigenvalue weighted by Gasteiger charge is -2.44. The van der Waals surface area contributed by atoms with E-state index in [-0.39, 0.29) is 22.3 Å². The number of hydrogen-bond acceptors (Lipinski definition) is 3. The molecule has 0 rings (SSSR count). The Labute approximate surface area is 140 Å². The average molecular weight is 347 g/mol. The fraction of sp³-hybridized carbons (Fsp3) is 0.941. The molecule has 0 N–H and O–H groups in total. The number of aldehydes is 1. The van der Waals surface area contributed by atoms with Crippen LogP contribution in [-0.4, -0.2) is 35.1 Å². The molecule has 0 aromatic heterocycles. The summed E-state index contributed by atoms with van der Waals surface area (Å²) in [7, 11) is -3.77. The Balaban J connectivity index is 5.15. The summed E-state index contributed by atoms with van der Waals surface area (Å²) in [6, 6.07) is 0. The lowest BCUT2D eigenvalue weighted by atomic mass is 10.2. The van der Waals surface area contributed by atoms with Gasteiger partial charge in [-0.3, -0.25) is 0 Å². The Morgan fingerprint density at radius 3 is 1.55 bits per heavy atom. The van der Waals surface area contributed by atoms with Gasteiger partial charge in [-0.2, -0.15) is 0 Å². The zero-order chi connectivity index (χ0) is 18.0. The van der Waals surface area contributed by atoms with Gasteiger partial charge in [0, 0.05) is 6.42 Å². The van der Waals surface area contributed by atoms with Crippen molar-refractivity contribution in [3.63, 3.8) is 0 Å². The summed E-state index contributed by atoms with van der Waals surface area (Å²) >= 11 is 0. The van der Waals surface area contributed by atoms with Crippen molar-refractivity contribution in [1.82, 2.24) is 0 Å². The largest absolute Gasteiger partial charge is 0.412 e. The number of carbonyl (C=O) groups is 1. The van der Waals surface area contributed by atoms with E-state index in [0.29, 0.717) is 6.42 Å². The van der Waals surface area contributed by atoms with Crippen LogP contribution in [0, 0.1) is 0 Å². The molecular weight excluding hydrogens is 308 g/mol. The summed E-state index contributed by atoms with van der Waals surface area (Å²) in [6.45, 7) is 24.3. The second kappa shape index (κ2) is 7.28. The summed E-state index contributed by atoms with van der Waals surface area (Å²) in [6.07, 6.45) is 1.17. The van der Waals surface area contributed by atoms with Crippen molar-refractivity contribution in [3.8, 4) is 0 Å². The Hall–Kier alpha value is 0.0238. The predicted molar refractivity (Wildman–Crippen MR) is 100 cm³/mol. The van der Waals surface area contributed by atoms with Crippen molar-refractivity contribution in [2.24, 2.45) is 0 Å². The van der Waals surface area contributed by atoms with E-state index in [1.54, 1.807) is 0 Å². The molecule has 0 aliphatic heterocycles. The summed E-state index contributed by atoms with van der Waals surface area (Å²) in [5.41, 5.74) is 0. The summed E-state index contributed by atoms with van der Waals surface area (Å²) in [5.74, 6) is 0. The van der Waals surface area contributed by atoms with Gasteiger partial charge in [-0.05, 0) is 43.2 Å². The minimum atomic E-state index is -1.91. The first-order chi connectivity index (χ1) is 9.55. The molecule has 0 spiro atoms. The molecule has 2 atom stereocenters. The Morgan fingerprint density at radius 2 is 1.23 bits per heavy atom. The van der Waals surface area contributed by atoms with Crippen LogP contribution in [0.25, 0.3) is 0 Å². The molecule has 0 heterocycles. The molecule has 132 valence electrons. The van der Waals surface area contributed by atoms with Crippen LogP contribution >= 0.6 is 0 Å². The second-order valence-corrected chi connectivity index (χ2v) is 18.9. The van der Waals surface area contributed by atoms with Gasteiger partial charge in [0.2, 0.25) is 0 Å². The molecule has 0 aliphatic carbocycles. The van der Waals surface area contributed by atoms with E-state index < -0.39 is 16.6 Å². The molecule has 0 saturated carbocycles. The van der Waals surface area contributed by atoms with E-state index in [2.05, 4.69) is 74.7 Å². The summed E-state index contributed by atoms with van der Waals surface area (Å²) in [4.78, 5) is 11.1. The average Bonchev–Trinajstić information content (AvgIpc) is 2.24. The van der Waals surface area contributed by atoms with Crippen molar-refractivity contribution in [2.75, 3.05) is 0 Å². The van der Waals surface area contributed by atoms with Crippen molar-refractivity contribution >= 4 is 22.9 Å². The van der Waals surface area contributed by atoms with E-state index in [9.17, 15) is 4.79 Å². The fourth-order valence-corrected chi connectivity index (χ4v) is 4.54. The van der Waals surface area contributed by atoms with Crippen LogP contribution in [0.3, 0.4) is 0 Å². The van der Waals surface area contributed by atoms with Crippen molar-refractivity contribution in [1.29, 1.82) is 0 Å². The summed E-state index contributed by atoms with van der Waals surface area (Å²) in [5, 5.41) is 0.286. The predicted octanol–water partition coefficient (Wildman–Crippen LogP) is 5.38. The lowest BCUT2D eigenvalue weighted by molar-refractivity contribution is -0.110. The van der Waals surface area contributed by atoms with Gasteiger partial charge < -0.3 is 13.6 Å². The van der Waals surface area contributed by atoms with Crippen LogP contribution in [0.15, 0.2) is 0 Å². The maximum atomic E-state index is 11.1. The smallest absolute Gasteiger partial charge is 0.192 e. The molecule has 0 fully saturated rings. The highest BCUT2D eigenvalue weighted by molar-refractivity contribution is 6.74. The van der Waals surface area contributed by atoms with Crippen molar-refractivity contribution in [3.05, 3.63) is 0 Å². The fourth-order valence-electron chi connectivity index (χ4n) is 1.70. The van der Waals surface area contributed by atoms with E-state index in [4.69, 9.17) is 8.85 Å². The van der Waals surface area contributed by atoms with Crippen molar-refractivity contribution < 1.29 is 13.6 Å². The molecule has 0 amide bonds. The molecule has 3 nitrogen and oxygen atoms in total. The second-order valence-electron chi connectivity index (χ2n) is 9.40. The van der Waals surface area contributed by atoms with Crippen LogP contribution < -0.4 is 0 Å². The lowest BCUT2D eigenvalue weighted by Crippen LogP contribution is -2.51. The van der Waals surface area contributed by atoms with Crippen LogP contribution in [0.4, 0.5) is 0 Å². The van der Waals surface area contributed by atoms with E-state index >= 15 is 0 Å². The van der Waals surface area contributed by atoms with Crippen LogP contribution in [0.5, 0.6) is 0 Å². The molecule has 0 radical (unpaired) electrons. The molecular formula is C17H38O3Si2. The monoisotopic (exact) mass is 346 g/mol. The topological polar surface area (TPSA) is 35.5 Å². The molecule has 0 aliphatic rings. The molecule has 0 aromatic rings. The molecule has 5 heteroatoms. The maximum absolute atomic E-state index is 11.1. The molecule has 0 saturated heterocycles. The van der Waals surface area contributed by atoms with E-state index in [1.807, 2.05) is 0 Å². The van der Waals surface area contributed by atoms with Gasteiger partial charge in [0.1, 0.15) is 6.29 Å². The highest BCUT2D eigenvalue weighted by Gasteiger charge is 2.43. The minimum Gasteiger partial charge on any atom is -0.412 e.